The zero-order valence-electron chi connectivity index (χ0n) is 11.2. The summed E-state index contributed by atoms with van der Waals surface area (Å²) in [6.45, 7) is 3.37. The number of nitrogens with zero attached hydrogens (tertiary/aromatic N) is 2. The molecule has 2 heterocycles. The molecule has 1 saturated heterocycles. The second kappa shape index (κ2) is 5.39. The Balaban J connectivity index is 1.62. The maximum absolute atomic E-state index is 5.43. The van der Waals surface area contributed by atoms with E-state index in [1.54, 1.807) is 0 Å². The molecule has 1 N–H and O–H groups in total. The summed E-state index contributed by atoms with van der Waals surface area (Å²) < 4.78 is 5.43. The molecule has 0 amide bonds. The Hall–Kier alpha value is -0.900. The summed E-state index contributed by atoms with van der Waals surface area (Å²) >= 11 is 0. The molecular weight excluding hydrogens is 226 g/mol. The van der Waals surface area contributed by atoms with Gasteiger partial charge in [0.1, 0.15) is 0 Å². The highest BCUT2D eigenvalue weighted by Crippen LogP contribution is 2.36. The first-order valence-electron chi connectivity index (χ1n) is 7.43. The summed E-state index contributed by atoms with van der Waals surface area (Å²) in [5.41, 5.74) is 0. The van der Waals surface area contributed by atoms with Gasteiger partial charge in [0, 0.05) is 5.92 Å². The van der Waals surface area contributed by atoms with Crippen molar-refractivity contribution in [2.45, 2.75) is 63.8 Å². The van der Waals surface area contributed by atoms with E-state index in [4.69, 9.17) is 4.52 Å². The molecule has 18 heavy (non-hydrogen) atoms. The second-order valence-corrected chi connectivity index (χ2v) is 5.77. The number of hydrogen-bond acceptors (Lipinski definition) is 4. The average molecular weight is 249 g/mol. The smallest absolute Gasteiger partial charge is 0.243 e. The Kier molecular flexibility index (Phi) is 3.64. The van der Waals surface area contributed by atoms with Gasteiger partial charge in [0.2, 0.25) is 5.89 Å². The van der Waals surface area contributed by atoms with E-state index in [2.05, 4.69) is 22.4 Å². The third-order valence-electron chi connectivity index (χ3n) is 4.61. The summed E-state index contributed by atoms with van der Waals surface area (Å²) in [6, 6.07) is 0.304. The molecule has 1 aromatic rings. The van der Waals surface area contributed by atoms with Gasteiger partial charge in [0.25, 0.3) is 0 Å². The van der Waals surface area contributed by atoms with Crippen LogP contribution in [0.3, 0.4) is 0 Å². The molecule has 4 nitrogen and oxygen atoms in total. The van der Waals surface area contributed by atoms with Crippen molar-refractivity contribution in [3.05, 3.63) is 11.7 Å². The van der Waals surface area contributed by atoms with Crippen LogP contribution in [0.2, 0.25) is 0 Å². The van der Waals surface area contributed by atoms with Crippen molar-refractivity contribution in [2.24, 2.45) is 5.92 Å². The van der Waals surface area contributed by atoms with E-state index in [0.717, 1.165) is 30.6 Å². The van der Waals surface area contributed by atoms with Crippen molar-refractivity contribution in [3.63, 3.8) is 0 Å². The molecule has 0 radical (unpaired) electrons. The molecular formula is C14H23N3O. The summed E-state index contributed by atoms with van der Waals surface area (Å²) in [7, 11) is 0. The molecule has 1 atom stereocenters. The van der Waals surface area contributed by atoms with Gasteiger partial charge in [-0.05, 0) is 51.0 Å². The highest BCUT2D eigenvalue weighted by molar-refractivity contribution is 5.01. The Morgan fingerprint density at radius 1 is 1.22 bits per heavy atom. The van der Waals surface area contributed by atoms with Crippen LogP contribution in [-0.2, 0) is 0 Å². The zero-order chi connectivity index (χ0) is 12.4. The average Bonchev–Trinajstić information content (AvgIpc) is 3.09. The Morgan fingerprint density at radius 2 is 2.06 bits per heavy atom. The minimum Gasteiger partial charge on any atom is -0.338 e. The fourth-order valence-electron chi connectivity index (χ4n) is 3.28. The lowest BCUT2D eigenvalue weighted by Crippen LogP contribution is -2.15. The first kappa shape index (κ1) is 12.2. The van der Waals surface area contributed by atoms with Gasteiger partial charge in [-0.2, -0.15) is 4.98 Å². The quantitative estimate of drug-likeness (QED) is 0.894. The number of aromatic nitrogens is 2. The summed E-state index contributed by atoms with van der Waals surface area (Å²) in [5.74, 6) is 3.21. The van der Waals surface area contributed by atoms with Gasteiger partial charge in [-0.1, -0.05) is 18.5 Å². The molecule has 3 rings (SSSR count). The molecule has 1 unspecified atom stereocenters. The van der Waals surface area contributed by atoms with Crippen LogP contribution in [0.1, 0.15) is 75.5 Å². The normalized spacial score (nSPS) is 32.8. The molecule has 4 heteroatoms. The van der Waals surface area contributed by atoms with Crippen molar-refractivity contribution in [1.29, 1.82) is 0 Å². The maximum atomic E-state index is 5.43. The van der Waals surface area contributed by atoms with Gasteiger partial charge >= 0.3 is 0 Å². The third-order valence-corrected chi connectivity index (χ3v) is 4.61. The lowest BCUT2D eigenvalue weighted by Gasteiger charge is -2.25. The van der Waals surface area contributed by atoms with Crippen molar-refractivity contribution in [2.75, 3.05) is 6.54 Å². The van der Waals surface area contributed by atoms with Crippen LogP contribution in [0.25, 0.3) is 0 Å². The van der Waals surface area contributed by atoms with Crippen molar-refractivity contribution >= 4 is 0 Å². The molecule has 1 saturated carbocycles. The van der Waals surface area contributed by atoms with E-state index in [-0.39, 0.29) is 0 Å². The van der Waals surface area contributed by atoms with E-state index in [1.165, 1.54) is 38.5 Å². The SMILES string of the molecule is CCC1CCC(c2noc(C3CCCN3)n2)CC1. The van der Waals surface area contributed by atoms with Crippen LogP contribution < -0.4 is 5.32 Å². The van der Waals surface area contributed by atoms with Gasteiger partial charge in [0.05, 0.1) is 6.04 Å². The highest BCUT2D eigenvalue weighted by Gasteiger charge is 2.27. The molecule has 100 valence electrons. The lowest BCUT2D eigenvalue weighted by molar-refractivity contribution is 0.300. The first-order valence-corrected chi connectivity index (χ1v) is 7.43. The number of rotatable bonds is 3. The van der Waals surface area contributed by atoms with E-state index in [0.29, 0.717) is 12.0 Å². The van der Waals surface area contributed by atoms with Crippen molar-refractivity contribution < 1.29 is 4.52 Å². The molecule has 0 aromatic carbocycles. The molecule has 2 aliphatic rings. The fraction of sp³-hybridized carbons (Fsp3) is 0.857. The van der Waals surface area contributed by atoms with Gasteiger partial charge in [-0.25, -0.2) is 0 Å². The van der Waals surface area contributed by atoms with E-state index >= 15 is 0 Å². The Morgan fingerprint density at radius 3 is 2.72 bits per heavy atom. The van der Waals surface area contributed by atoms with E-state index < -0.39 is 0 Å². The highest BCUT2D eigenvalue weighted by atomic mass is 16.5. The standard InChI is InChI=1S/C14H23N3O/c1-2-10-5-7-11(8-6-10)13-16-14(18-17-13)12-4-3-9-15-12/h10-12,15H,2-9H2,1H3. The van der Waals surface area contributed by atoms with Gasteiger partial charge in [-0.3, -0.25) is 0 Å². The van der Waals surface area contributed by atoms with Gasteiger partial charge in [0.15, 0.2) is 5.82 Å². The minimum atomic E-state index is 0.304. The predicted octanol–water partition coefficient (Wildman–Crippen LogP) is 3.18. The summed E-state index contributed by atoms with van der Waals surface area (Å²) in [4.78, 5) is 4.63. The van der Waals surface area contributed by atoms with Crippen LogP contribution in [0.5, 0.6) is 0 Å². The summed E-state index contributed by atoms with van der Waals surface area (Å²) in [5, 5.41) is 7.62. The topological polar surface area (TPSA) is 51.0 Å². The van der Waals surface area contributed by atoms with Crippen LogP contribution in [0, 0.1) is 5.92 Å². The predicted molar refractivity (Wildman–Crippen MR) is 69.3 cm³/mol. The Bertz CT molecular complexity index is 376. The lowest BCUT2D eigenvalue weighted by atomic mass is 9.80. The fourth-order valence-corrected chi connectivity index (χ4v) is 3.28. The third kappa shape index (κ3) is 2.44. The molecule has 0 bridgehead atoms. The zero-order valence-corrected chi connectivity index (χ0v) is 11.2. The monoisotopic (exact) mass is 249 g/mol. The Labute approximate surface area is 109 Å². The van der Waals surface area contributed by atoms with E-state index in [9.17, 15) is 0 Å². The molecule has 1 aliphatic heterocycles. The minimum absolute atomic E-state index is 0.304. The molecule has 2 fully saturated rings. The van der Waals surface area contributed by atoms with Crippen molar-refractivity contribution in [1.82, 2.24) is 15.5 Å². The van der Waals surface area contributed by atoms with E-state index in [1.807, 2.05) is 0 Å². The second-order valence-electron chi connectivity index (χ2n) is 5.77. The van der Waals surface area contributed by atoms with Crippen LogP contribution >= 0.6 is 0 Å². The van der Waals surface area contributed by atoms with Crippen LogP contribution in [0.15, 0.2) is 4.52 Å². The summed E-state index contributed by atoms with van der Waals surface area (Å²) in [6.07, 6.45) is 8.77. The largest absolute Gasteiger partial charge is 0.338 e. The molecule has 0 spiro atoms. The number of nitrogens with one attached hydrogen (secondary N) is 1. The first-order chi connectivity index (χ1) is 8.86. The molecule has 1 aliphatic carbocycles. The van der Waals surface area contributed by atoms with Crippen molar-refractivity contribution in [3.8, 4) is 0 Å². The van der Waals surface area contributed by atoms with Gasteiger partial charge < -0.3 is 9.84 Å². The number of hydrogen-bond donors (Lipinski definition) is 1. The van der Waals surface area contributed by atoms with Crippen LogP contribution in [0.4, 0.5) is 0 Å². The van der Waals surface area contributed by atoms with Crippen LogP contribution in [-0.4, -0.2) is 16.7 Å². The molecule has 1 aromatic heterocycles. The van der Waals surface area contributed by atoms with Gasteiger partial charge in [-0.15, -0.1) is 0 Å². The maximum Gasteiger partial charge on any atom is 0.243 e.